The van der Waals surface area contributed by atoms with Crippen LogP contribution in [-0.2, 0) is 0 Å². The molecular formula is C8H8Cl3F2N. The van der Waals surface area contributed by atoms with Crippen molar-refractivity contribution < 1.29 is 8.78 Å². The molecule has 1 aromatic rings. The van der Waals surface area contributed by atoms with Gasteiger partial charge in [0.05, 0.1) is 16.1 Å². The van der Waals surface area contributed by atoms with E-state index >= 15 is 0 Å². The van der Waals surface area contributed by atoms with Crippen LogP contribution < -0.4 is 5.73 Å². The third-order valence-corrected chi connectivity index (χ3v) is 2.34. The van der Waals surface area contributed by atoms with Crippen LogP contribution in [0.1, 0.15) is 11.6 Å². The molecule has 1 aromatic carbocycles. The predicted octanol–water partition coefficient (Wildman–Crippen LogP) is 3.68. The SMILES string of the molecule is Cl.N[C@@H](c1ccc(Cl)c(Cl)c1)C(F)F. The summed E-state index contributed by atoms with van der Waals surface area (Å²) in [6.45, 7) is 0. The maximum Gasteiger partial charge on any atom is 0.257 e. The molecule has 0 unspecified atom stereocenters. The minimum absolute atomic E-state index is 0. The van der Waals surface area contributed by atoms with Crippen LogP contribution in [0.3, 0.4) is 0 Å². The largest absolute Gasteiger partial charge is 0.319 e. The lowest BCUT2D eigenvalue weighted by Gasteiger charge is -2.10. The van der Waals surface area contributed by atoms with Crippen molar-refractivity contribution in [3.05, 3.63) is 33.8 Å². The summed E-state index contributed by atoms with van der Waals surface area (Å²) >= 11 is 11.2. The molecule has 0 aromatic heterocycles. The monoisotopic (exact) mass is 261 g/mol. The quantitative estimate of drug-likeness (QED) is 0.864. The van der Waals surface area contributed by atoms with Gasteiger partial charge in [0.15, 0.2) is 0 Å². The van der Waals surface area contributed by atoms with E-state index in [1.54, 1.807) is 0 Å². The smallest absolute Gasteiger partial charge is 0.257 e. The molecule has 6 heteroatoms. The second-order valence-corrected chi connectivity index (χ2v) is 3.35. The van der Waals surface area contributed by atoms with Crippen LogP contribution in [0.4, 0.5) is 8.78 Å². The van der Waals surface area contributed by atoms with Crippen molar-refractivity contribution in [3.63, 3.8) is 0 Å². The van der Waals surface area contributed by atoms with Crippen molar-refractivity contribution in [1.29, 1.82) is 0 Å². The molecule has 0 amide bonds. The molecule has 0 saturated heterocycles. The van der Waals surface area contributed by atoms with Gasteiger partial charge in [-0.2, -0.15) is 0 Å². The fourth-order valence-electron chi connectivity index (χ4n) is 0.865. The highest BCUT2D eigenvalue weighted by atomic mass is 35.5. The molecule has 0 bridgehead atoms. The molecule has 1 rings (SSSR count). The van der Waals surface area contributed by atoms with E-state index in [9.17, 15) is 8.78 Å². The summed E-state index contributed by atoms with van der Waals surface area (Å²) in [5.74, 6) is 0. The van der Waals surface area contributed by atoms with E-state index < -0.39 is 12.5 Å². The minimum atomic E-state index is -2.60. The van der Waals surface area contributed by atoms with Gasteiger partial charge in [-0.15, -0.1) is 12.4 Å². The number of benzene rings is 1. The zero-order valence-electron chi connectivity index (χ0n) is 6.88. The van der Waals surface area contributed by atoms with E-state index in [0.29, 0.717) is 5.02 Å². The van der Waals surface area contributed by atoms with Crippen LogP contribution >= 0.6 is 35.6 Å². The van der Waals surface area contributed by atoms with Gasteiger partial charge >= 0.3 is 0 Å². The number of alkyl halides is 2. The van der Waals surface area contributed by atoms with Crippen molar-refractivity contribution in [2.45, 2.75) is 12.5 Å². The molecular weight excluding hydrogens is 254 g/mol. The summed E-state index contributed by atoms with van der Waals surface area (Å²) in [4.78, 5) is 0. The van der Waals surface area contributed by atoms with Crippen molar-refractivity contribution >= 4 is 35.6 Å². The molecule has 0 aliphatic heterocycles. The lowest BCUT2D eigenvalue weighted by molar-refractivity contribution is 0.116. The first-order valence-corrected chi connectivity index (χ1v) is 4.26. The zero-order valence-corrected chi connectivity index (χ0v) is 9.21. The van der Waals surface area contributed by atoms with Crippen molar-refractivity contribution in [3.8, 4) is 0 Å². The number of hydrogen-bond acceptors (Lipinski definition) is 1. The molecule has 0 saturated carbocycles. The first-order valence-electron chi connectivity index (χ1n) is 3.51. The lowest BCUT2D eigenvalue weighted by atomic mass is 10.1. The molecule has 0 radical (unpaired) electrons. The van der Waals surface area contributed by atoms with Gasteiger partial charge in [-0.05, 0) is 17.7 Å². The van der Waals surface area contributed by atoms with E-state index in [1.165, 1.54) is 18.2 Å². The summed E-state index contributed by atoms with van der Waals surface area (Å²) in [6.07, 6.45) is -2.60. The Morgan fingerprint density at radius 3 is 2.14 bits per heavy atom. The Bertz CT molecular complexity index is 307. The average Bonchev–Trinajstić information content (AvgIpc) is 2.08. The summed E-state index contributed by atoms with van der Waals surface area (Å²) in [6, 6.07) is 2.92. The first-order chi connectivity index (χ1) is 6.02. The fourth-order valence-corrected chi connectivity index (χ4v) is 1.17. The molecule has 0 aliphatic carbocycles. The highest BCUT2D eigenvalue weighted by Crippen LogP contribution is 2.26. The van der Waals surface area contributed by atoms with E-state index in [0.717, 1.165) is 0 Å². The Balaban J connectivity index is 0.00000169. The number of halogens is 5. The second kappa shape index (κ2) is 5.71. The van der Waals surface area contributed by atoms with Crippen molar-refractivity contribution in [1.82, 2.24) is 0 Å². The van der Waals surface area contributed by atoms with Gasteiger partial charge in [0.25, 0.3) is 6.43 Å². The molecule has 0 spiro atoms. The second-order valence-electron chi connectivity index (χ2n) is 2.53. The van der Waals surface area contributed by atoms with Crippen LogP contribution in [0.5, 0.6) is 0 Å². The number of hydrogen-bond donors (Lipinski definition) is 1. The molecule has 0 aliphatic rings. The molecule has 80 valence electrons. The van der Waals surface area contributed by atoms with Gasteiger partial charge in [0.1, 0.15) is 0 Å². The molecule has 14 heavy (non-hydrogen) atoms. The van der Waals surface area contributed by atoms with Gasteiger partial charge in [-0.3, -0.25) is 0 Å². The van der Waals surface area contributed by atoms with E-state index in [1.807, 2.05) is 0 Å². The lowest BCUT2D eigenvalue weighted by Crippen LogP contribution is -2.18. The maximum absolute atomic E-state index is 12.1. The number of rotatable bonds is 2. The van der Waals surface area contributed by atoms with Gasteiger partial charge in [-0.25, -0.2) is 8.78 Å². The van der Waals surface area contributed by atoms with Crippen LogP contribution in [0.25, 0.3) is 0 Å². The predicted molar refractivity (Wildman–Crippen MR) is 56.6 cm³/mol. The standard InChI is InChI=1S/C8H7Cl2F2N.ClH/c9-5-2-1-4(3-6(5)10)7(13)8(11)12;/h1-3,7-8H,13H2;1H/t7-;/m0./s1. The van der Waals surface area contributed by atoms with E-state index in [4.69, 9.17) is 28.9 Å². The van der Waals surface area contributed by atoms with Crippen molar-refractivity contribution in [2.24, 2.45) is 5.73 Å². The fraction of sp³-hybridized carbons (Fsp3) is 0.250. The van der Waals surface area contributed by atoms with Crippen LogP contribution in [0.2, 0.25) is 10.0 Å². The number of nitrogens with two attached hydrogens (primary N) is 1. The molecule has 0 fully saturated rings. The summed E-state index contributed by atoms with van der Waals surface area (Å²) < 4.78 is 24.3. The zero-order chi connectivity index (χ0) is 10.0. The Labute approximate surface area is 96.6 Å². The third kappa shape index (κ3) is 3.24. The Morgan fingerprint density at radius 2 is 1.71 bits per heavy atom. The van der Waals surface area contributed by atoms with Crippen LogP contribution in [-0.4, -0.2) is 6.43 Å². The normalized spacial score (nSPS) is 12.4. The third-order valence-electron chi connectivity index (χ3n) is 1.60. The minimum Gasteiger partial charge on any atom is -0.319 e. The summed E-state index contributed by atoms with van der Waals surface area (Å²) in [7, 11) is 0. The van der Waals surface area contributed by atoms with Crippen molar-refractivity contribution in [2.75, 3.05) is 0 Å². The maximum atomic E-state index is 12.1. The molecule has 2 N–H and O–H groups in total. The van der Waals surface area contributed by atoms with Crippen LogP contribution in [0.15, 0.2) is 18.2 Å². The molecule has 0 heterocycles. The van der Waals surface area contributed by atoms with Crippen LogP contribution in [0, 0.1) is 0 Å². The molecule has 1 nitrogen and oxygen atoms in total. The molecule has 1 atom stereocenters. The van der Waals surface area contributed by atoms with Gasteiger partial charge in [0, 0.05) is 0 Å². The van der Waals surface area contributed by atoms with E-state index in [2.05, 4.69) is 0 Å². The first kappa shape index (κ1) is 13.9. The van der Waals surface area contributed by atoms with Gasteiger partial charge in [-0.1, -0.05) is 29.3 Å². The highest BCUT2D eigenvalue weighted by molar-refractivity contribution is 6.42. The summed E-state index contributed by atoms with van der Waals surface area (Å²) in [5, 5.41) is 0.558. The Hall–Kier alpha value is -0.0900. The Morgan fingerprint density at radius 1 is 1.14 bits per heavy atom. The average molecular weight is 263 g/mol. The summed E-state index contributed by atoms with van der Waals surface area (Å²) in [5.41, 5.74) is 5.49. The van der Waals surface area contributed by atoms with Gasteiger partial charge in [0.2, 0.25) is 0 Å². The van der Waals surface area contributed by atoms with Gasteiger partial charge < -0.3 is 5.73 Å². The Kier molecular flexibility index (Phi) is 5.67. The topological polar surface area (TPSA) is 26.0 Å². The van der Waals surface area contributed by atoms with E-state index in [-0.39, 0.29) is 23.0 Å². The highest BCUT2D eigenvalue weighted by Gasteiger charge is 2.17.